The number of hydrogen-bond donors (Lipinski definition) is 3. The Hall–Kier alpha value is -3.41. The second-order valence-corrected chi connectivity index (χ2v) is 5.31. The first-order chi connectivity index (χ1) is 11.6. The van der Waals surface area contributed by atoms with E-state index in [0.29, 0.717) is 16.5 Å². The van der Waals surface area contributed by atoms with Crippen LogP contribution >= 0.6 is 0 Å². The molecule has 120 valence electrons. The van der Waals surface area contributed by atoms with Crippen molar-refractivity contribution in [2.24, 2.45) is 5.73 Å². The van der Waals surface area contributed by atoms with Gasteiger partial charge < -0.3 is 16.0 Å². The summed E-state index contributed by atoms with van der Waals surface area (Å²) in [6, 6.07) is 15.8. The molecule has 0 aliphatic carbocycles. The Bertz CT molecular complexity index is 964. The Morgan fingerprint density at radius 1 is 1.00 bits per heavy atom. The molecule has 1 unspecified atom stereocenters. The van der Waals surface area contributed by atoms with Gasteiger partial charge in [0, 0.05) is 17.0 Å². The molecule has 4 N–H and O–H groups in total. The van der Waals surface area contributed by atoms with E-state index in [1.54, 1.807) is 54.6 Å². The van der Waals surface area contributed by atoms with Crippen LogP contribution in [0.3, 0.4) is 0 Å². The minimum atomic E-state index is -0.978. The van der Waals surface area contributed by atoms with Crippen molar-refractivity contribution >= 4 is 22.7 Å². The zero-order valence-electron chi connectivity index (χ0n) is 12.7. The van der Waals surface area contributed by atoms with Gasteiger partial charge in [-0.1, -0.05) is 42.5 Å². The molecule has 0 radical (unpaired) electrons. The van der Waals surface area contributed by atoms with Crippen molar-refractivity contribution in [3.8, 4) is 0 Å². The molecule has 24 heavy (non-hydrogen) atoms. The summed E-state index contributed by atoms with van der Waals surface area (Å²) in [6.07, 6.45) is 0. The van der Waals surface area contributed by atoms with E-state index in [9.17, 15) is 14.4 Å². The Morgan fingerprint density at radius 3 is 2.38 bits per heavy atom. The molecule has 2 amide bonds. The zero-order chi connectivity index (χ0) is 17.1. The van der Waals surface area contributed by atoms with Crippen LogP contribution in [0.4, 0.5) is 0 Å². The lowest BCUT2D eigenvalue weighted by Gasteiger charge is -2.16. The van der Waals surface area contributed by atoms with Crippen LogP contribution in [-0.2, 0) is 4.79 Å². The molecule has 1 aromatic heterocycles. The fraction of sp³-hybridized carbons (Fsp3) is 0.0556. The summed E-state index contributed by atoms with van der Waals surface area (Å²) < 4.78 is 0. The smallest absolute Gasteiger partial charge is 0.268 e. The predicted molar refractivity (Wildman–Crippen MR) is 90.4 cm³/mol. The summed E-state index contributed by atoms with van der Waals surface area (Å²) in [6.45, 7) is 0. The van der Waals surface area contributed by atoms with Crippen LogP contribution in [0.2, 0.25) is 0 Å². The maximum Gasteiger partial charge on any atom is 0.268 e. The first kappa shape index (κ1) is 15.5. The normalized spacial score (nSPS) is 11.8. The second-order valence-electron chi connectivity index (χ2n) is 5.31. The number of carbonyl (C=O) groups is 2. The van der Waals surface area contributed by atoms with Gasteiger partial charge in [0.25, 0.3) is 5.91 Å². The van der Waals surface area contributed by atoms with Gasteiger partial charge in [-0.2, -0.15) is 0 Å². The SMILES string of the molecule is NC(=O)C(NC(=O)c1cc(=O)c2ccccc2[nH]1)c1ccccc1. The Kier molecular flexibility index (Phi) is 4.11. The molecule has 1 heterocycles. The van der Waals surface area contributed by atoms with Gasteiger partial charge in [-0.3, -0.25) is 14.4 Å². The van der Waals surface area contributed by atoms with E-state index in [1.807, 2.05) is 0 Å². The topological polar surface area (TPSA) is 105 Å². The average Bonchev–Trinajstić information content (AvgIpc) is 2.60. The van der Waals surface area contributed by atoms with Crippen molar-refractivity contribution in [2.75, 3.05) is 0 Å². The first-order valence-electron chi connectivity index (χ1n) is 7.33. The van der Waals surface area contributed by atoms with Crippen LogP contribution < -0.4 is 16.5 Å². The molecule has 6 nitrogen and oxygen atoms in total. The summed E-state index contributed by atoms with van der Waals surface area (Å²) in [5, 5.41) is 3.05. The van der Waals surface area contributed by atoms with Crippen LogP contribution in [0.25, 0.3) is 10.9 Å². The fourth-order valence-corrected chi connectivity index (χ4v) is 2.49. The first-order valence-corrected chi connectivity index (χ1v) is 7.33. The summed E-state index contributed by atoms with van der Waals surface area (Å²) in [7, 11) is 0. The molecule has 2 aromatic carbocycles. The predicted octanol–water partition coefficient (Wildman–Crippen LogP) is 1.48. The molecule has 0 aliphatic rings. The fourth-order valence-electron chi connectivity index (χ4n) is 2.49. The average molecular weight is 321 g/mol. The quantitative estimate of drug-likeness (QED) is 0.678. The molecule has 0 aliphatic heterocycles. The maximum absolute atomic E-state index is 12.4. The third-order valence-electron chi connectivity index (χ3n) is 3.67. The van der Waals surface area contributed by atoms with E-state index in [4.69, 9.17) is 5.73 Å². The van der Waals surface area contributed by atoms with Crippen molar-refractivity contribution in [3.63, 3.8) is 0 Å². The monoisotopic (exact) mass is 321 g/mol. The zero-order valence-corrected chi connectivity index (χ0v) is 12.7. The lowest BCUT2D eigenvalue weighted by atomic mass is 10.1. The molecule has 3 aromatic rings. The molecule has 3 rings (SSSR count). The van der Waals surface area contributed by atoms with Gasteiger partial charge in [0.05, 0.1) is 0 Å². The highest BCUT2D eigenvalue weighted by atomic mass is 16.2. The molecule has 6 heteroatoms. The molecule has 0 bridgehead atoms. The molecule has 0 spiro atoms. The number of hydrogen-bond acceptors (Lipinski definition) is 3. The molecule has 0 fully saturated rings. The third kappa shape index (κ3) is 3.03. The number of pyridine rings is 1. The largest absolute Gasteiger partial charge is 0.368 e. The number of nitrogens with one attached hydrogen (secondary N) is 2. The third-order valence-corrected chi connectivity index (χ3v) is 3.67. The van der Waals surface area contributed by atoms with Gasteiger partial charge >= 0.3 is 0 Å². The van der Waals surface area contributed by atoms with Crippen molar-refractivity contribution in [2.45, 2.75) is 6.04 Å². The summed E-state index contributed by atoms with van der Waals surface area (Å²) in [5.41, 5.74) is 6.30. The Morgan fingerprint density at radius 2 is 1.67 bits per heavy atom. The van der Waals surface area contributed by atoms with Crippen molar-refractivity contribution < 1.29 is 9.59 Å². The van der Waals surface area contributed by atoms with Gasteiger partial charge in [-0.05, 0) is 17.7 Å². The molecular formula is C18H15N3O3. The van der Waals surface area contributed by atoms with E-state index in [1.165, 1.54) is 6.07 Å². The number of aromatic amines is 1. The van der Waals surface area contributed by atoms with Gasteiger partial charge in [0.1, 0.15) is 11.7 Å². The number of H-pyrrole nitrogens is 1. The minimum Gasteiger partial charge on any atom is -0.368 e. The summed E-state index contributed by atoms with van der Waals surface area (Å²) >= 11 is 0. The number of para-hydroxylation sites is 1. The van der Waals surface area contributed by atoms with Crippen molar-refractivity contribution in [3.05, 3.63) is 82.1 Å². The van der Waals surface area contributed by atoms with E-state index < -0.39 is 17.9 Å². The molecular weight excluding hydrogens is 306 g/mol. The van der Waals surface area contributed by atoms with Crippen LogP contribution in [0.5, 0.6) is 0 Å². The Labute approximate surface area is 137 Å². The number of carbonyl (C=O) groups excluding carboxylic acids is 2. The van der Waals surface area contributed by atoms with E-state index in [0.717, 1.165) is 0 Å². The highest BCUT2D eigenvalue weighted by Crippen LogP contribution is 2.13. The van der Waals surface area contributed by atoms with E-state index in [-0.39, 0.29) is 11.1 Å². The standard InChI is InChI=1S/C18H15N3O3/c19-17(23)16(11-6-2-1-3-7-11)21-18(24)14-10-15(22)12-8-4-5-9-13(12)20-14/h1-10,16H,(H2,19,23)(H,20,22)(H,21,24). The highest BCUT2D eigenvalue weighted by Gasteiger charge is 2.21. The number of nitrogens with two attached hydrogens (primary N) is 1. The second kappa shape index (κ2) is 6.37. The summed E-state index contributed by atoms with van der Waals surface area (Å²) in [4.78, 5) is 39.1. The van der Waals surface area contributed by atoms with E-state index >= 15 is 0 Å². The Balaban J connectivity index is 1.94. The molecule has 1 atom stereocenters. The van der Waals surface area contributed by atoms with Crippen LogP contribution in [0.15, 0.2) is 65.5 Å². The maximum atomic E-state index is 12.4. The molecule has 0 saturated heterocycles. The van der Waals surface area contributed by atoms with Crippen molar-refractivity contribution in [1.82, 2.24) is 10.3 Å². The lowest BCUT2D eigenvalue weighted by molar-refractivity contribution is -0.120. The van der Waals surface area contributed by atoms with Gasteiger partial charge in [-0.15, -0.1) is 0 Å². The van der Waals surface area contributed by atoms with Crippen LogP contribution in [0, 0.1) is 0 Å². The highest BCUT2D eigenvalue weighted by molar-refractivity contribution is 5.97. The number of rotatable bonds is 4. The minimum absolute atomic E-state index is 0.0703. The number of fused-ring (bicyclic) bond motifs is 1. The van der Waals surface area contributed by atoms with Crippen LogP contribution in [0.1, 0.15) is 22.1 Å². The van der Waals surface area contributed by atoms with Gasteiger partial charge in [0.2, 0.25) is 5.91 Å². The number of primary amides is 1. The van der Waals surface area contributed by atoms with E-state index in [2.05, 4.69) is 10.3 Å². The van der Waals surface area contributed by atoms with Gasteiger partial charge in [0.15, 0.2) is 5.43 Å². The summed E-state index contributed by atoms with van der Waals surface area (Å²) in [5.74, 6) is -1.26. The van der Waals surface area contributed by atoms with Crippen molar-refractivity contribution in [1.29, 1.82) is 0 Å². The number of benzene rings is 2. The number of amides is 2. The van der Waals surface area contributed by atoms with Gasteiger partial charge in [-0.25, -0.2) is 0 Å². The number of aromatic nitrogens is 1. The van der Waals surface area contributed by atoms with Crippen LogP contribution in [-0.4, -0.2) is 16.8 Å². The molecule has 0 saturated carbocycles. The lowest BCUT2D eigenvalue weighted by Crippen LogP contribution is -2.38.